The van der Waals surface area contributed by atoms with Gasteiger partial charge in [0, 0.05) is 25.4 Å². The molecule has 5 heteroatoms. The number of allylic oxidation sites excluding steroid dienone is 1. The summed E-state index contributed by atoms with van der Waals surface area (Å²) in [6, 6.07) is 0. The third-order valence-electron chi connectivity index (χ3n) is 7.37. The van der Waals surface area contributed by atoms with Gasteiger partial charge >= 0.3 is 5.97 Å². The summed E-state index contributed by atoms with van der Waals surface area (Å²) in [5.74, 6) is 0.653. The number of hydrogen-bond acceptors (Lipinski definition) is 4. The van der Waals surface area contributed by atoms with E-state index in [0.29, 0.717) is 11.3 Å². The van der Waals surface area contributed by atoms with Gasteiger partial charge in [0.2, 0.25) is 0 Å². The molecular weight excluding hydrogens is 424 g/mol. The Labute approximate surface area is 203 Å². The second kappa shape index (κ2) is 9.02. The predicted molar refractivity (Wildman–Crippen MR) is 139 cm³/mol. The molecule has 0 radical (unpaired) electrons. The van der Waals surface area contributed by atoms with E-state index < -0.39 is 5.97 Å². The lowest BCUT2D eigenvalue weighted by molar-refractivity contribution is -0.132. The highest BCUT2D eigenvalue weighted by atomic mass is 16.5. The molecule has 0 fully saturated rings. The molecule has 34 heavy (non-hydrogen) atoms. The summed E-state index contributed by atoms with van der Waals surface area (Å²) in [7, 11) is 5.76. The van der Waals surface area contributed by atoms with Crippen LogP contribution in [0.25, 0.3) is 16.5 Å². The van der Waals surface area contributed by atoms with E-state index in [1.165, 1.54) is 16.8 Å². The highest BCUT2D eigenvalue weighted by Crippen LogP contribution is 2.44. The Morgan fingerprint density at radius 1 is 0.824 bits per heavy atom. The predicted octanol–water partition coefficient (Wildman–Crippen LogP) is 6.46. The topological polar surface area (TPSA) is 43.1 Å². The molecule has 1 aliphatic heterocycles. The van der Waals surface area contributed by atoms with Gasteiger partial charge in [0.05, 0.1) is 13.7 Å². The summed E-state index contributed by atoms with van der Waals surface area (Å²) in [4.78, 5) is 18.5. The number of carbonyl (C=O) groups is 1. The maximum Gasteiger partial charge on any atom is 0.342 e. The molecular formula is C29H34N2O3. The van der Waals surface area contributed by atoms with Crippen LogP contribution in [0.3, 0.4) is 0 Å². The zero-order valence-corrected chi connectivity index (χ0v) is 22.2. The Bertz CT molecular complexity index is 1280. The number of carbonyl (C=O) groups excluding carboxylic acids is 1. The summed E-state index contributed by atoms with van der Waals surface area (Å²) in [5.41, 5.74) is 12.2. The van der Waals surface area contributed by atoms with Crippen LogP contribution in [0.2, 0.25) is 0 Å². The summed E-state index contributed by atoms with van der Waals surface area (Å²) >= 11 is 0. The number of nitrogens with zero attached hydrogens (tertiary/aromatic N) is 2. The van der Waals surface area contributed by atoms with Crippen LogP contribution in [0, 0.1) is 62.0 Å². The zero-order valence-electron chi connectivity index (χ0n) is 22.2. The molecule has 178 valence electrons. The average molecular weight is 459 g/mol. The zero-order chi connectivity index (χ0) is 25.6. The van der Waals surface area contributed by atoms with Crippen LogP contribution >= 0.6 is 0 Å². The number of cyclic esters (lactones) is 1. The van der Waals surface area contributed by atoms with Gasteiger partial charge < -0.3 is 14.4 Å². The minimum atomic E-state index is -0.602. The Morgan fingerprint density at radius 2 is 1.32 bits per heavy atom. The van der Waals surface area contributed by atoms with Crippen molar-refractivity contribution in [1.29, 1.82) is 0 Å². The van der Waals surface area contributed by atoms with Gasteiger partial charge in [0.1, 0.15) is 11.5 Å². The van der Waals surface area contributed by atoms with E-state index in [4.69, 9.17) is 16.0 Å². The third-order valence-corrected chi connectivity index (χ3v) is 7.37. The summed E-state index contributed by atoms with van der Waals surface area (Å²) in [5, 5.41) is 0. The normalized spacial score (nSPS) is 14.5. The monoisotopic (exact) mass is 458 g/mol. The van der Waals surface area contributed by atoms with Gasteiger partial charge in [-0.25, -0.2) is 4.85 Å². The smallest absolute Gasteiger partial charge is 0.342 e. The molecule has 0 N–H and O–H groups in total. The molecule has 2 aromatic rings. The van der Waals surface area contributed by atoms with Crippen LogP contribution in [0.15, 0.2) is 11.5 Å². The fourth-order valence-corrected chi connectivity index (χ4v) is 5.16. The fraction of sp³-hybridized carbons (Fsp3) is 0.379. The van der Waals surface area contributed by atoms with Crippen LogP contribution in [-0.4, -0.2) is 27.2 Å². The third kappa shape index (κ3) is 3.68. The van der Waals surface area contributed by atoms with Gasteiger partial charge in [0.25, 0.3) is 5.70 Å². The quantitative estimate of drug-likeness (QED) is 0.390. The van der Waals surface area contributed by atoms with Gasteiger partial charge in [0.15, 0.2) is 0 Å². The van der Waals surface area contributed by atoms with Crippen molar-refractivity contribution in [3.63, 3.8) is 0 Å². The van der Waals surface area contributed by atoms with Crippen LogP contribution in [0.1, 0.15) is 55.6 Å². The van der Waals surface area contributed by atoms with Crippen LogP contribution < -0.4 is 9.64 Å². The van der Waals surface area contributed by atoms with Gasteiger partial charge in [-0.1, -0.05) is 0 Å². The van der Waals surface area contributed by atoms with Crippen molar-refractivity contribution in [3.05, 3.63) is 78.5 Å². The molecule has 5 nitrogen and oxygen atoms in total. The van der Waals surface area contributed by atoms with Crippen molar-refractivity contribution in [2.45, 2.75) is 55.4 Å². The Kier molecular flexibility index (Phi) is 6.66. The maximum absolute atomic E-state index is 12.8. The number of anilines is 1. The highest BCUT2D eigenvalue weighted by molar-refractivity contribution is 6.10. The maximum atomic E-state index is 12.8. The number of hydrogen-bond donors (Lipinski definition) is 0. The van der Waals surface area contributed by atoms with E-state index in [2.05, 4.69) is 37.4 Å². The van der Waals surface area contributed by atoms with E-state index in [1.54, 1.807) is 7.11 Å². The molecule has 0 saturated heterocycles. The largest absolute Gasteiger partial charge is 0.496 e. The summed E-state index contributed by atoms with van der Waals surface area (Å²) in [6.45, 7) is 24.2. The minimum Gasteiger partial charge on any atom is -0.496 e. The second-order valence-corrected chi connectivity index (χ2v) is 9.30. The highest BCUT2D eigenvalue weighted by Gasteiger charge is 2.35. The molecule has 0 bridgehead atoms. The Balaban J connectivity index is 2.39. The SMILES string of the molecule is [C-]#[N+]C1=C(c2c(C)c(C)c(OC)c(C)c2C)C(=Cc2c(C)c(C)c(N(C)C)c(C)c2C)OC1=O. The first kappa shape index (κ1) is 25.1. The van der Waals surface area contributed by atoms with Crippen molar-refractivity contribution in [3.8, 4) is 5.75 Å². The lowest BCUT2D eigenvalue weighted by atomic mass is 9.86. The van der Waals surface area contributed by atoms with Crippen molar-refractivity contribution >= 4 is 23.3 Å². The number of rotatable bonds is 4. The average Bonchev–Trinajstić information content (AvgIpc) is 3.09. The Morgan fingerprint density at radius 3 is 1.74 bits per heavy atom. The molecule has 1 heterocycles. The van der Waals surface area contributed by atoms with Gasteiger partial charge in [-0.05, 0) is 117 Å². The lowest BCUT2D eigenvalue weighted by Gasteiger charge is -2.24. The Hall–Kier alpha value is -3.52. The van der Waals surface area contributed by atoms with Gasteiger partial charge in [-0.2, -0.15) is 0 Å². The molecule has 0 amide bonds. The molecule has 0 atom stereocenters. The minimum absolute atomic E-state index is 0.0232. The number of benzene rings is 2. The molecule has 3 rings (SSSR count). The number of ether oxygens (including phenoxy) is 2. The lowest BCUT2D eigenvalue weighted by Crippen LogP contribution is -2.14. The molecule has 1 aliphatic rings. The first-order chi connectivity index (χ1) is 15.9. The summed E-state index contributed by atoms with van der Waals surface area (Å²) < 4.78 is 11.4. The number of methoxy groups -OCH3 is 1. The van der Waals surface area contributed by atoms with Gasteiger partial charge in [-0.15, -0.1) is 0 Å². The molecule has 2 aromatic carbocycles. The van der Waals surface area contributed by atoms with E-state index in [0.717, 1.165) is 50.3 Å². The van der Waals surface area contributed by atoms with Crippen LogP contribution in [0.5, 0.6) is 5.75 Å². The molecule has 0 aliphatic carbocycles. The van der Waals surface area contributed by atoms with Crippen LogP contribution in [0.4, 0.5) is 5.69 Å². The van der Waals surface area contributed by atoms with Crippen molar-refractivity contribution < 1.29 is 14.3 Å². The molecule has 0 spiro atoms. The first-order valence-electron chi connectivity index (χ1n) is 11.4. The van der Waals surface area contributed by atoms with E-state index in [-0.39, 0.29) is 5.70 Å². The summed E-state index contributed by atoms with van der Waals surface area (Å²) in [6.07, 6.45) is 1.93. The number of esters is 1. The van der Waals surface area contributed by atoms with Gasteiger partial charge in [-0.3, -0.25) is 4.79 Å². The fourth-order valence-electron chi connectivity index (χ4n) is 5.16. The van der Waals surface area contributed by atoms with Crippen molar-refractivity contribution in [2.24, 2.45) is 0 Å². The standard InChI is InChI=1S/C29H34N2O3/c1-14-18(5)27(31(10)11)19(6)15(2)22(14)13-23-25(26(30-9)29(32)34-23)24-16(3)20(7)28(33-12)21(8)17(24)4/h13H,1-8,10-12H3. The molecule has 0 aromatic heterocycles. The molecule has 0 unspecified atom stereocenters. The second-order valence-electron chi connectivity index (χ2n) is 9.30. The van der Waals surface area contributed by atoms with Crippen LogP contribution in [-0.2, 0) is 9.53 Å². The van der Waals surface area contributed by atoms with E-state index >= 15 is 0 Å². The van der Waals surface area contributed by atoms with Crippen molar-refractivity contribution in [1.82, 2.24) is 0 Å². The van der Waals surface area contributed by atoms with E-state index in [9.17, 15) is 4.79 Å². The first-order valence-corrected chi connectivity index (χ1v) is 11.4. The van der Waals surface area contributed by atoms with Crippen molar-refractivity contribution in [2.75, 3.05) is 26.1 Å². The van der Waals surface area contributed by atoms with E-state index in [1.807, 2.05) is 47.9 Å². The molecule has 0 saturated carbocycles.